The smallest absolute Gasteiger partial charge is 0.145 e. The van der Waals surface area contributed by atoms with E-state index >= 15 is 0 Å². The third-order valence-electron chi connectivity index (χ3n) is 5.32. The van der Waals surface area contributed by atoms with E-state index in [9.17, 15) is 5.11 Å². The van der Waals surface area contributed by atoms with Gasteiger partial charge < -0.3 is 14.6 Å². The van der Waals surface area contributed by atoms with E-state index in [-0.39, 0.29) is 6.10 Å². The van der Waals surface area contributed by atoms with Crippen LogP contribution in [0, 0.1) is 5.92 Å². The molecule has 3 aromatic rings. The lowest BCUT2D eigenvalue weighted by molar-refractivity contribution is 0.139. The molecule has 5 heteroatoms. The molecule has 0 radical (unpaired) electrons. The summed E-state index contributed by atoms with van der Waals surface area (Å²) in [5.41, 5.74) is 2.21. The van der Waals surface area contributed by atoms with E-state index < -0.39 is 0 Å². The molecular formula is C20H24N4O. The minimum absolute atomic E-state index is 0.218. The Kier molecular flexibility index (Phi) is 4.17. The number of aliphatic hydroxyl groups is 1. The molecule has 1 fully saturated rings. The minimum Gasteiger partial charge on any atom is -0.393 e. The molecule has 1 aliphatic carbocycles. The average molecular weight is 336 g/mol. The zero-order valence-corrected chi connectivity index (χ0v) is 14.7. The second kappa shape index (κ2) is 6.48. The lowest BCUT2D eigenvalue weighted by atomic mass is 10.1. The van der Waals surface area contributed by atoms with Crippen LogP contribution < -0.4 is 4.90 Å². The van der Waals surface area contributed by atoms with Gasteiger partial charge in [-0.05, 0) is 30.4 Å². The molecule has 0 aliphatic heterocycles. The number of fused-ring (bicyclic) bond motifs is 1. The predicted molar refractivity (Wildman–Crippen MR) is 99.5 cm³/mol. The van der Waals surface area contributed by atoms with Crippen molar-refractivity contribution in [1.29, 1.82) is 0 Å². The predicted octanol–water partition coefficient (Wildman–Crippen LogP) is 3.40. The average Bonchev–Trinajstić information content (AvgIpc) is 3.19. The van der Waals surface area contributed by atoms with Crippen molar-refractivity contribution in [2.24, 2.45) is 5.92 Å². The molecule has 3 atom stereocenters. The standard InChI is InChI=1S/C20H24N4O/c1-14-10-16(11-18(14)25)24-9-8-17-19(21-13-22-20(17)24)23(2)12-15-6-4-3-5-7-15/h3-9,13-14,16,18,25H,10-12H2,1-2H3/t14-,16+,18-/m0/s1. The summed E-state index contributed by atoms with van der Waals surface area (Å²) in [5, 5.41) is 11.2. The highest BCUT2D eigenvalue weighted by molar-refractivity contribution is 5.87. The SMILES string of the molecule is C[C@H]1C[C@@H](n2ccc3c(N(C)Cc4ccccc4)ncnc32)C[C@@H]1O. The highest BCUT2D eigenvalue weighted by Gasteiger charge is 2.31. The number of hydrogen-bond donors (Lipinski definition) is 1. The first-order valence-corrected chi connectivity index (χ1v) is 8.88. The second-order valence-corrected chi connectivity index (χ2v) is 7.17. The van der Waals surface area contributed by atoms with Gasteiger partial charge in [0, 0.05) is 25.8 Å². The van der Waals surface area contributed by atoms with Crippen molar-refractivity contribution in [1.82, 2.24) is 14.5 Å². The molecule has 1 saturated carbocycles. The Bertz CT molecular complexity index is 851. The lowest BCUT2D eigenvalue weighted by Crippen LogP contribution is -2.18. The van der Waals surface area contributed by atoms with Gasteiger partial charge in [0.1, 0.15) is 17.8 Å². The van der Waals surface area contributed by atoms with Gasteiger partial charge in [-0.15, -0.1) is 0 Å². The van der Waals surface area contributed by atoms with Crippen LogP contribution in [0.4, 0.5) is 5.82 Å². The third-order valence-corrected chi connectivity index (χ3v) is 5.32. The Balaban J connectivity index is 1.65. The van der Waals surface area contributed by atoms with Crippen LogP contribution in [0.1, 0.15) is 31.4 Å². The summed E-state index contributed by atoms with van der Waals surface area (Å²) in [6.45, 7) is 2.92. The van der Waals surface area contributed by atoms with Gasteiger partial charge in [0.05, 0.1) is 11.5 Å². The van der Waals surface area contributed by atoms with Gasteiger partial charge in [-0.1, -0.05) is 37.3 Å². The number of rotatable bonds is 4. The largest absolute Gasteiger partial charge is 0.393 e. The van der Waals surface area contributed by atoms with Crippen molar-refractivity contribution in [3.63, 3.8) is 0 Å². The second-order valence-electron chi connectivity index (χ2n) is 7.17. The van der Waals surface area contributed by atoms with Crippen LogP contribution in [0.15, 0.2) is 48.9 Å². The summed E-state index contributed by atoms with van der Waals surface area (Å²) >= 11 is 0. The molecule has 2 aromatic heterocycles. The molecular weight excluding hydrogens is 312 g/mol. The monoisotopic (exact) mass is 336 g/mol. The van der Waals surface area contributed by atoms with E-state index in [4.69, 9.17) is 0 Å². The topological polar surface area (TPSA) is 54.2 Å². The summed E-state index contributed by atoms with van der Waals surface area (Å²) < 4.78 is 2.21. The van der Waals surface area contributed by atoms with Crippen molar-refractivity contribution in [2.45, 2.75) is 38.5 Å². The molecule has 25 heavy (non-hydrogen) atoms. The Morgan fingerprint density at radius 3 is 2.68 bits per heavy atom. The van der Waals surface area contributed by atoms with Crippen LogP contribution in [0.5, 0.6) is 0 Å². The van der Waals surface area contributed by atoms with Crippen LogP contribution in [-0.4, -0.2) is 32.8 Å². The Morgan fingerprint density at radius 2 is 1.96 bits per heavy atom. The molecule has 0 amide bonds. The Hall–Kier alpha value is -2.40. The first-order chi connectivity index (χ1) is 12.1. The molecule has 5 nitrogen and oxygen atoms in total. The summed E-state index contributed by atoms with van der Waals surface area (Å²) in [5.74, 6) is 1.28. The molecule has 1 aliphatic rings. The molecule has 0 saturated heterocycles. The maximum Gasteiger partial charge on any atom is 0.145 e. The number of aromatic nitrogens is 3. The quantitative estimate of drug-likeness (QED) is 0.793. The van der Waals surface area contributed by atoms with Crippen molar-refractivity contribution < 1.29 is 5.11 Å². The Morgan fingerprint density at radius 1 is 1.16 bits per heavy atom. The number of anilines is 1. The Labute approximate surface area is 147 Å². The zero-order valence-electron chi connectivity index (χ0n) is 14.7. The van der Waals surface area contributed by atoms with E-state index in [1.54, 1.807) is 6.33 Å². The fourth-order valence-corrected chi connectivity index (χ4v) is 3.91. The van der Waals surface area contributed by atoms with Crippen LogP contribution in [0.25, 0.3) is 11.0 Å². The number of nitrogens with zero attached hydrogens (tertiary/aromatic N) is 4. The van der Waals surface area contributed by atoms with Crippen molar-refractivity contribution >= 4 is 16.9 Å². The molecule has 0 unspecified atom stereocenters. The molecule has 130 valence electrons. The van der Waals surface area contributed by atoms with E-state index in [1.165, 1.54) is 5.56 Å². The summed E-state index contributed by atoms with van der Waals surface area (Å²) in [4.78, 5) is 11.2. The van der Waals surface area contributed by atoms with Crippen molar-refractivity contribution in [2.75, 3.05) is 11.9 Å². The molecule has 1 N–H and O–H groups in total. The van der Waals surface area contributed by atoms with Gasteiger partial charge in [-0.3, -0.25) is 0 Å². The summed E-state index contributed by atoms with van der Waals surface area (Å²) in [6.07, 6.45) is 5.30. The lowest BCUT2D eigenvalue weighted by Gasteiger charge is -2.19. The first-order valence-electron chi connectivity index (χ1n) is 8.88. The van der Waals surface area contributed by atoms with E-state index in [0.717, 1.165) is 36.2 Å². The number of aliphatic hydroxyl groups excluding tert-OH is 1. The molecule has 0 spiro atoms. The minimum atomic E-state index is -0.218. The maximum atomic E-state index is 10.1. The molecule has 1 aromatic carbocycles. The van der Waals surface area contributed by atoms with Crippen LogP contribution in [0.3, 0.4) is 0 Å². The van der Waals surface area contributed by atoms with Gasteiger partial charge in [-0.2, -0.15) is 0 Å². The van der Waals surface area contributed by atoms with E-state index in [2.05, 4.69) is 69.9 Å². The highest BCUT2D eigenvalue weighted by Crippen LogP contribution is 2.37. The zero-order chi connectivity index (χ0) is 17.4. The fraction of sp³-hybridized carbons (Fsp3) is 0.400. The normalized spacial score (nSPS) is 23.2. The number of hydrogen-bond acceptors (Lipinski definition) is 4. The number of benzene rings is 1. The molecule has 0 bridgehead atoms. The van der Waals surface area contributed by atoms with Gasteiger partial charge in [-0.25, -0.2) is 9.97 Å². The molecule has 2 heterocycles. The van der Waals surface area contributed by atoms with E-state index in [0.29, 0.717) is 12.0 Å². The summed E-state index contributed by atoms with van der Waals surface area (Å²) in [6, 6.07) is 12.8. The fourth-order valence-electron chi connectivity index (χ4n) is 3.91. The first kappa shape index (κ1) is 16.1. The van der Waals surface area contributed by atoms with Gasteiger partial charge in [0.2, 0.25) is 0 Å². The van der Waals surface area contributed by atoms with Gasteiger partial charge in [0.15, 0.2) is 0 Å². The maximum absolute atomic E-state index is 10.1. The van der Waals surface area contributed by atoms with Crippen molar-refractivity contribution in [3.05, 3.63) is 54.5 Å². The highest BCUT2D eigenvalue weighted by atomic mass is 16.3. The van der Waals surface area contributed by atoms with Gasteiger partial charge >= 0.3 is 0 Å². The summed E-state index contributed by atoms with van der Waals surface area (Å²) in [7, 11) is 2.06. The van der Waals surface area contributed by atoms with Gasteiger partial charge in [0.25, 0.3) is 0 Å². The van der Waals surface area contributed by atoms with Crippen LogP contribution in [0.2, 0.25) is 0 Å². The van der Waals surface area contributed by atoms with Crippen LogP contribution in [-0.2, 0) is 6.54 Å². The van der Waals surface area contributed by atoms with Crippen LogP contribution >= 0.6 is 0 Å². The van der Waals surface area contributed by atoms with E-state index in [1.807, 2.05) is 6.07 Å². The van der Waals surface area contributed by atoms with Crippen molar-refractivity contribution in [3.8, 4) is 0 Å². The molecule has 4 rings (SSSR count). The third kappa shape index (κ3) is 3.00.